The molecule has 200 valence electrons. The number of fused-ring (bicyclic) bond motifs is 11. The summed E-state index contributed by atoms with van der Waals surface area (Å²) >= 11 is 0. The molecule has 2 amide bonds. The van der Waals surface area contributed by atoms with Gasteiger partial charge in [0.2, 0.25) is 11.8 Å². The Morgan fingerprint density at radius 2 is 1.81 bits per heavy atom. The molecule has 2 aliphatic heterocycles. The molecule has 2 aliphatic rings. The van der Waals surface area contributed by atoms with Crippen molar-refractivity contribution < 1.29 is 23.9 Å². The van der Waals surface area contributed by atoms with Crippen LogP contribution in [0.1, 0.15) is 84.6 Å². The Morgan fingerprint density at radius 3 is 2.44 bits per heavy atom. The Bertz CT molecular complexity index is 865. The van der Waals surface area contributed by atoms with Gasteiger partial charge < -0.3 is 15.4 Å². The molecule has 1 aromatic carbocycles. The van der Waals surface area contributed by atoms with E-state index in [2.05, 4.69) is 17.6 Å². The van der Waals surface area contributed by atoms with Crippen LogP contribution in [0.25, 0.3) is 0 Å². The SMILES string of the molecule is CCCCNC(=O)CCC(=O)[C@@H]1Cc2ccc(cc2)OCCC[C@H](C(=O)CC)[C@@H](CC(C)C)C(=O)N1. The number of benzene rings is 1. The molecule has 0 radical (unpaired) electrons. The average Bonchev–Trinajstić information content (AvgIpc) is 2.85. The van der Waals surface area contributed by atoms with E-state index in [9.17, 15) is 19.2 Å². The van der Waals surface area contributed by atoms with Crippen molar-refractivity contribution in [1.29, 1.82) is 0 Å². The van der Waals surface area contributed by atoms with Crippen LogP contribution < -0.4 is 15.4 Å². The molecule has 2 bridgehead atoms. The van der Waals surface area contributed by atoms with Crippen LogP contribution in [0.2, 0.25) is 0 Å². The van der Waals surface area contributed by atoms with Crippen molar-refractivity contribution in [2.45, 2.75) is 91.5 Å². The third-order valence-electron chi connectivity index (χ3n) is 6.76. The zero-order chi connectivity index (χ0) is 26.5. The van der Waals surface area contributed by atoms with Crippen LogP contribution in [0, 0.1) is 17.8 Å². The molecular formula is C29H44N2O5. The Balaban J connectivity index is 2.27. The molecule has 1 aromatic rings. The van der Waals surface area contributed by atoms with E-state index in [0.717, 1.165) is 24.2 Å². The minimum absolute atomic E-state index is 0.0519. The number of ether oxygens (including phenoxy) is 1. The average molecular weight is 501 g/mol. The van der Waals surface area contributed by atoms with E-state index in [1.807, 2.05) is 45.0 Å². The first-order valence-electron chi connectivity index (χ1n) is 13.6. The molecule has 7 heteroatoms. The van der Waals surface area contributed by atoms with Gasteiger partial charge in [0.15, 0.2) is 5.78 Å². The van der Waals surface area contributed by atoms with Gasteiger partial charge in [-0.1, -0.05) is 46.2 Å². The number of hydrogen-bond acceptors (Lipinski definition) is 5. The van der Waals surface area contributed by atoms with Gasteiger partial charge in [0.05, 0.1) is 12.6 Å². The van der Waals surface area contributed by atoms with E-state index in [1.165, 1.54) is 0 Å². The topological polar surface area (TPSA) is 102 Å². The molecule has 2 N–H and O–H groups in total. The quantitative estimate of drug-likeness (QED) is 0.438. The zero-order valence-electron chi connectivity index (χ0n) is 22.4. The van der Waals surface area contributed by atoms with Gasteiger partial charge in [-0.3, -0.25) is 19.2 Å². The van der Waals surface area contributed by atoms with Gasteiger partial charge in [-0.2, -0.15) is 0 Å². The van der Waals surface area contributed by atoms with Gasteiger partial charge in [0, 0.05) is 37.6 Å². The van der Waals surface area contributed by atoms with Crippen molar-refractivity contribution >= 4 is 23.4 Å². The van der Waals surface area contributed by atoms with Crippen LogP contribution in [0.4, 0.5) is 0 Å². The van der Waals surface area contributed by atoms with E-state index in [4.69, 9.17) is 4.74 Å². The minimum atomic E-state index is -0.761. The van der Waals surface area contributed by atoms with Crippen LogP contribution in [0.5, 0.6) is 5.75 Å². The van der Waals surface area contributed by atoms with Gasteiger partial charge in [-0.25, -0.2) is 0 Å². The van der Waals surface area contributed by atoms with Crippen molar-refractivity contribution in [3.63, 3.8) is 0 Å². The largest absolute Gasteiger partial charge is 0.494 e. The monoisotopic (exact) mass is 500 g/mol. The predicted molar refractivity (Wildman–Crippen MR) is 141 cm³/mol. The normalized spacial score (nSPS) is 20.8. The molecule has 2 heterocycles. The summed E-state index contributed by atoms with van der Waals surface area (Å²) in [6.45, 7) is 9.03. The lowest BCUT2D eigenvalue weighted by atomic mass is 9.78. The number of amides is 2. The standard InChI is InChI=1S/C29H44N2O5/c1-5-7-16-30-28(34)15-14-27(33)25-19-21-10-12-22(13-11-21)36-17-8-9-23(26(32)6-2)24(18-20(3)4)29(35)31-25/h10-13,20,23-25H,5-9,14-19H2,1-4H3,(H,30,34)(H,31,35)/t23-,24+,25-/m0/s1. The molecule has 7 nitrogen and oxygen atoms in total. The van der Waals surface area contributed by atoms with Crippen molar-refractivity contribution in [3.8, 4) is 5.75 Å². The van der Waals surface area contributed by atoms with Crippen molar-refractivity contribution in [3.05, 3.63) is 29.8 Å². The second-order valence-corrected chi connectivity index (χ2v) is 10.2. The summed E-state index contributed by atoms with van der Waals surface area (Å²) in [6.07, 6.45) is 4.50. The second kappa shape index (κ2) is 15.4. The van der Waals surface area contributed by atoms with E-state index >= 15 is 0 Å². The molecule has 0 aromatic heterocycles. The lowest BCUT2D eigenvalue weighted by molar-refractivity contribution is -0.136. The van der Waals surface area contributed by atoms with E-state index in [0.29, 0.717) is 45.3 Å². The molecule has 0 saturated heterocycles. The van der Waals surface area contributed by atoms with E-state index < -0.39 is 17.9 Å². The number of hydrogen-bond donors (Lipinski definition) is 2. The Hall–Kier alpha value is -2.70. The number of nitrogens with one attached hydrogen (secondary N) is 2. The van der Waals surface area contributed by atoms with Crippen LogP contribution in [0.15, 0.2) is 24.3 Å². The van der Waals surface area contributed by atoms with Gasteiger partial charge in [-0.15, -0.1) is 0 Å². The van der Waals surface area contributed by atoms with E-state index in [-0.39, 0.29) is 42.1 Å². The van der Waals surface area contributed by atoms with Gasteiger partial charge in [-0.05, 0) is 55.7 Å². The molecule has 3 atom stereocenters. The highest BCUT2D eigenvalue weighted by molar-refractivity contribution is 5.94. The van der Waals surface area contributed by atoms with Crippen LogP contribution in [-0.2, 0) is 25.6 Å². The summed E-state index contributed by atoms with van der Waals surface area (Å²) in [7, 11) is 0. The molecule has 3 rings (SSSR count). The molecule has 0 aliphatic carbocycles. The Labute approximate surface area is 216 Å². The first kappa shape index (κ1) is 29.5. The summed E-state index contributed by atoms with van der Waals surface area (Å²) in [4.78, 5) is 51.9. The highest BCUT2D eigenvalue weighted by Gasteiger charge is 2.35. The Morgan fingerprint density at radius 1 is 1.08 bits per heavy atom. The summed E-state index contributed by atoms with van der Waals surface area (Å²) < 4.78 is 5.86. The number of carbonyl (C=O) groups is 4. The molecule has 0 saturated carbocycles. The van der Waals surface area contributed by atoms with E-state index in [1.54, 1.807) is 0 Å². The fraction of sp³-hybridized carbons (Fsp3) is 0.655. The summed E-state index contributed by atoms with van der Waals surface area (Å²) in [6, 6.07) is 6.77. The number of Topliss-reactive ketones (excluding diaryl/α,β-unsaturated/α-hetero) is 2. The van der Waals surface area contributed by atoms with Crippen LogP contribution >= 0.6 is 0 Å². The third kappa shape index (κ3) is 9.75. The van der Waals surface area contributed by atoms with Crippen LogP contribution in [-0.4, -0.2) is 42.6 Å². The fourth-order valence-electron chi connectivity index (χ4n) is 4.69. The third-order valence-corrected chi connectivity index (χ3v) is 6.76. The van der Waals surface area contributed by atoms with Crippen molar-refractivity contribution in [2.24, 2.45) is 17.8 Å². The number of ketones is 2. The highest BCUT2D eigenvalue weighted by atomic mass is 16.5. The maximum Gasteiger partial charge on any atom is 0.224 e. The van der Waals surface area contributed by atoms with Gasteiger partial charge >= 0.3 is 0 Å². The summed E-state index contributed by atoms with van der Waals surface area (Å²) in [5, 5.41) is 5.83. The molecule has 0 fully saturated rings. The lowest BCUT2D eigenvalue weighted by Crippen LogP contribution is -2.48. The maximum absolute atomic E-state index is 13.6. The minimum Gasteiger partial charge on any atom is -0.494 e. The molecule has 0 unspecified atom stereocenters. The first-order valence-corrected chi connectivity index (χ1v) is 13.6. The highest BCUT2D eigenvalue weighted by Crippen LogP contribution is 2.28. The number of unbranched alkanes of at least 4 members (excludes halogenated alkanes) is 1. The maximum atomic E-state index is 13.6. The number of carbonyl (C=O) groups excluding carboxylic acids is 4. The molecule has 0 spiro atoms. The second-order valence-electron chi connectivity index (χ2n) is 10.2. The van der Waals surface area contributed by atoms with Gasteiger partial charge in [0.1, 0.15) is 11.5 Å². The zero-order valence-corrected chi connectivity index (χ0v) is 22.4. The van der Waals surface area contributed by atoms with Crippen molar-refractivity contribution in [2.75, 3.05) is 13.2 Å². The number of rotatable bonds is 11. The lowest BCUT2D eigenvalue weighted by Gasteiger charge is -2.29. The molecular weight excluding hydrogens is 456 g/mol. The molecule has 36 heavy (non-hydrogen) atoms. The van der Waals surface area contributed by atoms with Crippen molar-refractivity contribution in [1.82, 2.24) is 10.6 Å². The van der Waals surface area contributed by atoms with Gasteiger partial charge in [0.25, 0.3) is 0 Å². The summed E-state index contributed by atoms with van der Waals surface area (Å²) in [5.74, 6) is -0.480. The fourth-order valence-corrected chi connectivity index (χ4v) is 4.69. The summed E-state index contributed by atoms with van der Waals surface area (Å²) in [5.41, 5.74) is 0.895. The first-order chi connectivity index (χ1) is 17.2. The smallest absolute Gasteiger partial charge is 0.224 e. The predicted octanol–water partition coefficient (Wildman–Crippen LogP) is 4.41. The Kier molecular flexibility index (Phi) is 12.6. The van der Waals surface area contributed by atoms with Crippen LogP contribution in [0.3, 0.4) is 0 Å².